The van der Waals surface area contributed by atoms with E-state index in [0.29, 0.717) is 5.56 Å². The third kappa shape index (κ3) is 5.55. The fourth-order valence-corrected chi connectivity index (χ4v) is 4.70. The van der Waals surface area contributed by atoms with Gasteiger partial charge in [-0.25, -0.2) is 4.79 Å². The molecule has 0 aliphatic rings. The molecule has 1 amide bonds. The summed E-state index contributed by atoms with van der Waals surface area (Å²) in [4.78, 5) is 12.5. The SMILES string of the molecule is CCOP(=O)(OCC)C(NC(=O)OC(C)(C)C)c1cccc2ccccc12. The molecule has 1 unspecified atom stereocenters. The van der Waals surface area contributed by atoms with Crippen LogP contribution in [0.25, 0.3) is 10.8 Å². The third-order valence-electron chi connectivity index (χ3n) is 3.71. The van der Waals surface area contributed by atoms with Crippen LogP contribution in [0.15, 0.2) is 42.5 Å². The highest BCUT2D eigenvalue weighted by molar-refractivity contribution is 7.54. The summed E-state index contributed by atoms with van der Waals surface area (Å²) in [6, 6.07) is 13.3. The first-order chi connectivity index (χ1) is 12.7. The van der Waals surface area contributed by atoms with Gasteiger partial charge in [0.15, 0.2) is 5.78 Å². The molecule has 0 aliphatic carbocycles. The van der Waals surface area contributed by atoms with E-state index in [1.165, 1.54) is 0 Å². The fourth-order valence-electron chi connectivity index (χ4n) is 2.78. The monoisotopic (exact) mass is 393 g/mol. The third-order valence-corrected chi connectivity index (χ3v) is 5.98. The molecule has 0 aromatic heterocycles. The zero-order chi connectivity index (χ0) is 20.1. The van der Waals surface area contributed by atoms with Gasteiger partial charge in [-0.15, -0.1) is 0 Å². The number of hydrogen-bond acceptors (Lipinski definition) is 5. The Morgan fingerprint density at radius 2 is 1.63 bits per heavy atom. The molecule has 2 rings (SSSR count). The zero-order valence-corrected chi connectivity index (χ0v) is 17.4. The minimum Gasteiger partial charge on any atom is -0.444 e. The molecule has 2 aromatic carbocycles. The Bertz CT molecular complexity index is 815. The highest BCUT2D eigenvalue weighted by atomic mass is 31.2. The van der Waals surface area contributed by atoms with Gasteiger partial charge in [-0.2, -0.15) is 0 Å². The summed E-state index contributed by atoms with van der Waals surface area (Å²) in [7, 11) is -3.69. The van der Waals surface area contributed by atoms with Crippen molar-refractivity contribution < 1.29 is 23.1 Å². The lowest BCUT2D eigenvalue weighted by Crippen LogP contribution is -2.35. The molecule has 0 fully saturated rings. The molecule has 0 saturated carbocycles. The Morgan fingerprint density at radius 1 is 1.04 bits per heavy atom. The van der Waals surface area contributed by atoms with Crippen LogP contribution in [0.5, 0.6) is 0 Å². The normalized spacial score (nSPS) is 13.4. The second-order valence-corrected chi connectivity index (χ2v) is 9.10. The number of ether oxygens (including phenoxy) is 1. The van der Waals surface area contributed by atoms with Gasteiger partial charge in [0.05, 0.1) is 13.2 Å². The maximum atomic E-state index is 13.5. The predicted molar refractivity (Wildman–Crippen MR) is 107 cm³/mol. The summed E-state index contributed by atoms with van der Waals surface area (Å²) in [6.07, 6.45) is -0.680. The molecule has 0 spiro atoms. The Balaban J connectivity index is 2.54. The van der Waals surface area contributed by atoms with Crippen molar-refractivity contribution in [1.29, 1.82) is 0 Å². The molecule has 7 heteroatoms. The molecule has 2 aromatic rings. The maximum Gasteiger partial charge on any atom is 0.408 e. The molecule has 148 valence electrons. The van der Waals surface area contributed by atoms with E-state index in [-0.39, 0.29) is 13.2 Å². The Labute approximate surface area is 160 Å². The number of rotatable bonds is 7. The van der Waals surface area contributed by atoms with Crippen LogP contribution in [0.4, 0.5) is 4.79 Å². The first-order valence-electron chi connectivity index (χ1n) is 9.06. The van der Waals surface area contributed by atoms with Crippen molar-refractivity contribution in [3.63, 3.8) is 0 Å². The van der Waals surface area contributed by atoms with Crippen molar-refractivity contribution in [2.24, 2.45) is 0 Å². The van der Waals surface area contributed by atoms with Gasteiger partial charge in [-0.1, -0.05) is 42.5 Å². The van der Waals surface area contributed by atoms with Crippen LogP contribution in [0, 0.1) is 0 Å². The predicted octanol–water partition coefficient (Wildman–Crippen LogP) is 5.63. The van der Waals surface area contributed by atoms with E-state index in [1.807, 2.05) is 42.5 Å². The summed E-state index contributed by atoms with van der Waals surface area (Å²) in [5.41, 5.74) is -0.0292. The van der Waals surface area contributed by atoms with Crippen molar-refractivity contribution >= 4 is 24.5 Å². The summed E-state index contributed by atoms with van der Waals surface area (Å²) in [5, 5.41) is 4.54. The van der Waals surface area contributed by atoms with Crippen LogP contribution in [-0.4, -0.2) is 24.9 Å². The van der Waals surface area contributed by atoms with E-state index in [9.17, 15) is 9.36 Å². The van der Waals surface area contributed by atoms with Crippen molar-refractivity contribution in [2.45, 2.75) is 46.0 Å². The van der Waals surface area contributed by atoms with E-state index in [1.54, 1.807) is 34.6 Å². The van der Waals surface area contributed by atoms with Gasteiger partial charge in [0.2, 0.25) is 0 Å². The van der Waals surface area contributed by atoms with Crippen LogP contribution in [0.2, 0.25) is 0 Å². The van der Waals surface area contributed by atoms with Crippen LogP contribution < -0.4 is 5.32 Å². The quantitative estimate of drug-likeness (QED) is 0.617. The second kappa shape index (κ2) is 8.87. The molecule has 1 N–H and O–H groups in total. The van der Waals surface area contributed by atoms with E-state index >= 15 is 0 Å². The lowest BCUT2D eigenvalue weighted by Gasteiger charge is -2.29. The average Bonchev–Trinajstić information content (AvgIpc) is 2.58. The van der Waals surface area contributed by atoms with E-state index < -0.39 is 25.1 Å². The van der Waals surface area contributed by atoms with Gasteiger partial charge < -0.3 is 19.1 Å². The van der Waals surface area contributed by atoms with Crippen molar-refractivity contribution in [2.75, 3.05) is 13.2 Å². The number of amides is 1. The smallest absolute Gasteiger partial charge is 0.408 e. The number of carbonyl (C=O) groups excluding carboxylic acids is 1. The lowest BCUT2D eigenvalue weighted by molar-refractivity contribution is 0.0508. The minimum atomic E-state index is -3.69. The van der Waals surface area contributed by atoms with Crippen molar-refractivity contribution in [1.82, 2.24) is 5.32 Å². The Morgan fingerprint density at radius 3 is 2.22 bits per heavy atom. The van der Waals surface area contributed by atoms with Crippen molar-refractivity contribution in [3.8, 4) is 0 Å². The van der Waals surface area contributed by atoms with Crippen LogP contribution in [-0.2, 0) is 18.3 Å². The molecule has 0 saturated heterocycles. The summed E-state index contributed by atoms with van der Waals surface area (Å²) < 4.78 is 30.0. The lowest BCUT2D eigenvalue weighted by atomic mass is 10.0. The molecule has 0 bridgehead atoms. The highest BCUT2D eigenvalue weighted by Gasteiger charge is 2.39. The standard InChI is InChI=1S/C20H28NO5P/c1-6-24-27(23,25-7-2)18(21-19(22)26-20(3,4)5)17-14-10-12-15-11-8-9-13-16(15)17/h8-14,18H,6-7H2,1-5H3,(H,21,22). The molecular weight excluding hydrogens is 365 g/mol. The topological polar surface area (TPSA) is 73.9 Å². The molecule has 0 heterocycles. The highest BCUT2D eigenvalue weighted by Crippen LogP contribution is 2.60. The first kappa shape index (κ1) is 21.4. The van der Waals surface area contributed by atoms with Gasteiger partial charge in [0.25, 0.3) is 0 Å². The Kier molecular flexibility index (Phi) is 7.04. The van der Waals surface area contributed by atoms with Gasteiger partial charge in [-0.05, 0) is 51.0 Å². The van der Waals surface area contributed by atoms with Gasteiger partial charge in [0.1, 0.15) is 5.60 Å². The number of carbonyl (C=O) groups is 1. The van der Waals surface area contributed by atoms with E-state index in [0.717, 1.165) is 10.8 Å². The van der Waals surface area contributed by atoms with Crippen LogP contribution in [0.3, 0.4) is 0 Å². The van der Waals surface area contributed by atoms with E-state index in [2.05, 4.69) is 5.32 Å². The molecule has 27 heavy (non-hydrogen) atoms. The maximum absolute atomic E-state index is 13.5. The Hall–Kier alpha value is -1.88. The van der Waals surface area contributed by atoms with Crippen LogP contribution in [0.1, 0.15) is 46.0 Å². The summed E-state index contributed by atoms with van der Waals surface area (Å²) in [6.45, 7) is 9.15. The molecular formula is C20H28NO5P. The fraction of sp³-hybridized carbons (Fsp3) is 0.450. The van der Waals surface area contributed by atoms with Gasteiger partial charge in [-0.3, -0.25) is 4.57 Å². The summed E-state index contributed by atoms with van der Waals surface area (Å²) in [5.74, 6) is -0.988. The van der Waals surface area contributed by atoms with Crippen LogP contribution >= 0.6 is 7.60 Å². The number of nitrogens with one attached hydrogen (secondary N) is 1. The first-order valence-corrected chi connectivity index (χ1v) is 10.7. The molecule has 6 nitrogen and oxygen atoms in total. The van der Waals surface area contributed by atoms with E-state index in [4.69, 9.17) is 13.8 Å². The zero-order valence-electron chi connectivity index (χ0n) is 16.5. The number of alkyl carbamates (subject to hydrolysis) is 1. The molecule has 0 radical (unpaired) electrons. The van der Waals surface area contributed by atoms with Gasteiger partial charge in [0, 0.05) is 0 Å². The number of fused-ring (bicyclic) bond motifs is 1. The second-order valence-electron chi connectivity index (χ2n) is 6.99. The largest absolute Gasteiger partial charge is 0.444 e. The number of benzene rings is 2. The molecule has 0 aliphatic heterocycles. The number of hydrogen-bond donors (Lipinski definition) is 1. The van der Waals surface area contributed by atoms with Gasteiger partial charge >= 0.3 is 13.7 Å². The average molecular weight is 393 g/mol. The van der Waals surface area contributed by atoms with Crippen molar-refractivity contribution in [3.05, 3.63) is 48.0 Å². The molecule has 1 atom stereocenters. The minimum absolute atomic E-state index is 0.189. The summed E-state index contributed by atoms with van der Waals surface area (Å²) >= 11 is 0.